The molecular weight excluding hydrogens is 272 g/mol. The van der Waals surface area contributed by atoms with Gasteiger partial charge in [0.25, 0.3) is 10.2 Å². The van der Waals surface area contributed by atoms with Gasteiger partial charge in [-0.05, 0) is 25.3 Å². The van der Waals surface area contributed by atoms with Crippen LogP contribution in [0.1, 0.15) is 18.7 Å². The summed E-state index contributed by atoms with van der Waals surface area (Å²) >= 11 is 1.54. The average molecular weight is 290 g/mol. The average Bonchev–Trinajstić information content (AvgIpc) is 2.78. The predicted molar refractivity (Wildman–Crippen MR) is 71.7 cm³/mol. The zero-order valence-corrected chi connectivity index (χ0v) is 12.1. The van der Waals surface area contributed by atoms with Crippen LogP contribution < -0.4 is 4.72 Å². The lowest BCUT2D eigenvalue weighted by atomic mass is 10.3. The molecule has 1 saturated heterocycles. The highest BCUT2D eigenvalue weighted by molar-refractivity contribution is 7.87. The Morgan fingerprint density at radius 2 is 2.11 bits per heavy atom. The SMILES string of the molecule is CC1CN(S(=O)(=O)NCc2cccs2)CC(C)O1. The largest absolute Gasteiger partial charge is 0.373 e. The molecule has 0 bridgehead atoms. The van der Waals surface area contributed by atoms with E-state index in [2.05, 4.69) is 4.72 Å². The number of rotatable bonds is 4. The Morgan fingerprint density at radius 1 is 1.44 bits per heavy atom. The third-order valence-electron chi connectivity index (χ3n) is 2.73. The maximum atomic E-state index is 12.1. The molecule has 1 N–H and O–H groups in total. The van der Waals surface area contributed by atoms with Gasteiger partial charge >= 0.3 is 0 Å². The highest BCUT2D eigenvalue weighted by Crippen LogP contribution is 2.14. The van der Waals surface area contributed by atoms with E-state index < -0.39 is 10.2 Å². The van der Waals surface area contributed by atoms with Gasteiger partial charge in [0.1, 0.15) is 0 Å². The molecule has 1 aliphatic heterocycles. The number of thiophene rings is 1. The summed E-state index contributed by atoms with van der Waals surface area (Å²) < 4.78 is 33.9. The highest BCUT2D eigenvalue weighted by Gasteiger charge is 2.30. The van der Waals surface area contributed by atoms with Crippen LogP contribution in [0, 0.1) is 0 Å². The molecule has 2 rings (SSSR count). The van der Waals surface area contributed by atoms with Crippen molar-refractivity contribution < 1.29 is 13.2 Å². The van der Waals surface area contributed by atoms with Crippen molar-refractivity contribution in [3.8, 4) is 0 Å². The molecule has 1 aromatic heterocycles. The van der Waals surface area contributed by atoms with Crippen molar-refractivity contribution in [2.24, 2.45) is 0 Å². The summed E-state index contributed by atoms with van der Waals surface area (Å²) in [6, 6.07) is 3.82. The van der Waals surface area contributed by atoms with Crippen LogP contribution in [0.4, 0.5) is 0 Å². The normalized spacial score (nSPS) is 26.3. The zero-order valence-electron chi connectivity index (χ0n) is 10.5. The van der Waals surface area contributed by atoms with E-state index >= 15 is 0 Å². The molecule has 0 spiro atoms. The van der Waals surface area contributed by atoms with E-state index in [1.165, 1.54) is 4.31 Å². The van der Waals surface area contributed by atoms with Crippen LogP contribution in [0.25, 0.3) is 0 Å². The van der Waals surface area contributed by atoms with Crippen molar-refractivity contribution >= 4 is 21.5 Å². The van der Waals surface area contributed by atoms with Crippen LogP contribution in [-0.4, -0.2) is 38.0 Å². The first-order chi connectivity index (χ1) is 8.47. The molecule has 18 heavy (non-hydrogen) atoms. The van der Waals surface area contributed by atoms with E-state index in [1.807, 2.05) is 31.4 Å². The second kappa shape index (κ2) is 5.66. The minimum atomic E-state index is -3.42. The maximum Gasteiger partial charge on any atom is 0.279 e. The zero-order chi connectivity index (χ0) is 13.2. The van der Waals surface area contributed by atoms with Gasteiger partial charge in [0.15, 0.2) is 0 Å². The first-order valence-corrected chi connectivity index (χ1v) is 8.22. The number of nitrogens with one attached hydrogen (secondary N) is 1. The molecule has 7 heteroatoms. The minimum Gasteiger partial charge on any atom is -0.373 e. The number of morpholine rings is 1. The lowest BCUT2D eigenvalue weighted by molar-refractivity contribution is -0.0444. The molecular formula is C11H18N2O3S2. The van der Waals surface area contributed by atoms with Gasteiger partial charge in [-0.3, -0.25) is 0 Å². The fraction of sp³-hybridized carbons (Fsp3) is 0.636. The molecule has 102 valence electrons. The Kier molecular flexibility index (Phi) is 4.39. The summed E-state index contributed by atoms with van der Waals surface area (Å²) in [6.45, 7) is 4.93. The summed E-state index contributed by atoms with van der Waals surface area (Å²) in [6.07, 6.45) is -0.126. The minimum absolute atomic E-state index is 0.0629. The first-order valence-electron chi connectivity index (χ1n) is 5.90. The summed E-state index contributed by atoms with van der Waals surface area (Å²) in [5.74, 6) is 0. The molecule has 2 heterocycles. The van der Waals surface area contributed by atoms with Gasteiger partial charge in [-0.15, -0.1) is 11.3 Å². The van der Waals surface area contributed by atoms with E-state index in [0.29, 0.717) is 19.6 Å². The Labute approximate surface area is 112 Å². The molecule has 2 unspecified atom stereocenters. The van der Waals surface area contributed by atoms with E-state index in [4.69, 9.17) is 4.74 Å². The molecule has 0 amide bonds. The van der Waals surface area contributed by atoms with Crippen molar-refractivity contribution in [2.45, 2.75) is 32.6 Å². The fourth-order valence-electron chi connectivity index (χ4n) is 1.99. The summed E-state index contributed by atoms with van der Waals surface area (Å²) in [5.41, 5.74) is 0. The van der Waals surface area contributed by atoms with E-state index in [1.54, 1.807) is 11.3 Å². The molecule has 1 aromatic rings. The molecule has 0 radical (unpaired) electrons. The van der Waals surface area contributed by atoms with Crippen LogP contribution in [0.15, 0.2) is 17.5 Å². The number of nitrogens with zero attached hydrogens (tertiary/aromatic N) is 1. The Bertz CT molecular complexity index is 462. The first kappa shape index (κ1) is 14.0. The van der Waals surface area contributed by atoms with Gasteiger partial charge in [0.2, 0.25) is 0 Å². The smallest absolute Gasteiger partial charge is 0.279 e. The molecule has 1 aliphatic rings. The molecule has 0 aliphatic carbocycles. The summed E-state index contributed by atoms with van der Waals surface area (Å²) in [5, 5.41) is 1.93. The van der Waals surface area contributed by atoms with Crippen LogP contribution in [-0.2, 0) is 21.5 Å². The molecule has 0 saturated carbocycles. The van der Waals surface area contributed by atoms with Gasteiger partial charge < -0.3 is 4.74 Å². The van der Waals surface area contributed by atoms with Gasteiger partial charge in [-0.2, -0.15) is 17.4 Å². The number of hydrogen-bond donors (Lipinski definition) is 1. The van der Waals surface area contributed by atoms with E-state index in [-0.39, 0.29) is 12.2 Å². The standard InChI is InChI=1S/C11H18N2O3S2/c1-9-7-13(8-10(2)16-9)18(14,15)12-6-11-4-3-5-17-11/h3-5,9-10,12H,6-8H2,1-2H3. The predicted octanol–water partition coefficient (Wildman–Crippen LogP) is 1.19. The second-order valence-electron chi connectivity index (χ2n) is 4.48. The summed E-state index contributed by atoms with van der Waals surface area (Å²) in [7, 11) is -3.42. The third kappa shape index (κ3) is 3.52. The molecule has 2 atom stereocenters. The van der Waals surface area contributed by atoms with Crippen molar-refractivity contribution in [1.82, 2.24) is 9.03 Å². The van der Waals surface area contributed by atoms with Crippen LogP contribution in [0.3, 0.4) is 0 Å². The fourth-order valence-corrected chi connectivity index (χ4v) is 4.06. The number of ether oxygens (including phenoxy) is 1. The maximum absolute atomic E-state index is 12.1. The summed E-state index contributed by atoms with van der Waals surface area (Å²) in [4.78, 5) is 1.01. The Hall–Kier alpha value is -0.470. The van der Waals surface area contributed by atoms with Crippen molar-refractivity contribution in [2.75, 3.05) is 13.1 Å². The van der Waals surface area contributed by atoms with E-state index in [0.717, 1.165) is 4.88 Å². The Balaban J connectivity index is 1.97. The third-order valence-corrected chi connectivity index (χ3v) is 5.10. The lowest BCUT2D eigenvalue weighted by Gasteiger charge is -2.34. The van der Waals surface area contributed by atoms with Crippen LogP contribution >= 0.6 is 11.3 Å². The quantitative estimate of drug-likeness (QED) is 0.906. The van der Waals surface area contributed by atoms with Crippen molar-refractivity contribution in [3.63, 3.8) is 0 Å². The second-order valence-corrected chi connectivity index (χ2v) is 7.27. The van der Waals surface area contributed by atoms with Crippen LogP contribution in [0.2, 0.25) is 0 Å². The molecule has 5 nitrogen and oxygen atoms in total. The monoisotopic (exact) mass is 290 g/mol. The molecule has 0 aromatic carbocycles. The van der Waals surface area contributed by atoms with Gasteiger partial charge in [0.05, 0.1) is 12.2 Å². The van der Waals surface area contributed by atoms with E-state index in [9.17, 15) is 8.42 Å². The molecule has 1 fully saturated rings. The topological polar surface area (TPSA) is 58.6 Å². The van der Waals surface area contributed by atoms with Crippen molar-refractivity contribution in [1.29, 1.82) is 0 Å². The van der Waals surface area contributed by atoms with Gasteiger partial charge in [0, 0.05) is 24.5 Å². The van der Waals surface area contributed by atoms with Gasteiger partial charge in [-0.25, -0.2) is 0 Å². The number of hydrogen-bond acceptors (Lipinski definition) is 4. The van der Waals surface area contributed by atoms with Crippen molar-refractivity contribution in [3.05, 3.63) is 22.4 Å². The lowest BCUT2D eigenvalue weighted by Crippen LogP contribution is -2.51. The highest BCUT2D eigenvalue weighted by atomic mass is 32.2. The van der Waals surface area contributed by atoms with Gasteiger partial charge in [-0.1, -0.05) is 6.07 Å². The Morgan fingerprint density at radius 3 is 2.67 bits per heavy atom. The van der Waals surface area contributed by atoms with Crippen LogP contribution in [0.5, 0.6) is 0 Å².